The number of anilines is 1. The van der Waals surface area contributed by atoms with Gasteiger partial charge in [0.25, 0.3) is 5.91 Å². The minimum absolute atomic E-state index is 0.147. The second kappa shape index (κ2) is 4.38. The minimum atomic E-state index is -0.580. The largest absolute Gasteiger partial charge is 0.383 e. The summed E-state index contributed by atoms with van der Waals surface area (Å²) in [5.74, 6) is -0.433. The Morgan fingerprint density at radius 2 is 2.10 bits per heavy atom. The number of hydrogen-bond acceptors (Lipinski definition) is 3. The second-order valence-electron chi connectivity index (χ2n) is 4.56. The molecule has 0 aliphatic carbocycles. The van der Waals surface area contributed by atoms with Crippen LogP contribution >= 0.6 is 11.6 Å². The van der Waals surface area contributed by atoms with Gasteiger partial charge in [0, 0.05) is 22.3 Å². The lowest BCUT2D eigenvalue weighted by molar-refractivity contribution is 0.100. The quantitative estimate of drug-likeness (QED) is 0.759. The molecule has 2 aromatic heterocycles. The van der Waals surface area contributed by atoms with Gasteiger partial charge < -0.3 is 16.0 Å². The van der Waals surface area contributed by atoms with E-state index < -0.39 is 5.91 Å². The summed E-state index contributed by atoms with van der Waals surface area (Å²) >= 11 is 6.06. The number of rotatable bonds is 2. The monoisotopic (exact) mass is 288 g/mol. The molecule has 4 N–H and O–H groups in total. The Hall–Kier alpha value is -2.27. The lowest BCUT2D eigenvalue weighted by atomic mass is 10.1. The summed E-state index contributed by atoms with van der Waals surface area (Å²) in [4.78, 5) is 15.7. The molecule has 0 unspecified atom stereocenters. The van der Waals surface area contributed by atoms with Crippen LogP contribution in [0.5, 0.6) is 0 Å². The molecule has 0 atom stereocenters. The fourth-order valence-electron chi connectivity index (χ4n) is 2.51. The Morgan fingerprint density at radius 3 is 2.75 bits per heavy atom. The van der Waals surface area contributed by atoms with E-state index in [2.05, 4.69) is 4.98 Å². The van der Waals surface area contributed by atoms with Crippen molar-refractivity contribution in [1.29, 1.82) is 0 Å². The maximum Gasteiger partial charge on any atom is 0.252 e. The van der Waals surface area contributed by atoms with Crippen molar-refractivity contribution >= 4 is 45.3 Å². The van der Waals surface area contributed by atoms with Gasteiger partial charge in [-0.25, -0.2) is 4.98 Å². The van der Waals surface area contributed by atoms with Gasteiger partial charge in [-0.1, -0.05) is 17.7 Å². The van der Waals surface area contributed by atoms with Crippen molar-refractivity contribution in [3.05, 3.63) is 34.9 Å². The molecule has 0 fully saturated rings. The molecule has 3 aromatic rings. The molecule has 102 valence electrons. The number of aryl methyl sites for hydroxylation is 1. The lowest BCUT2D eigenvalue weighted by Gasteiger charge is -2.04. The molecule has 0 aliphatic rings. The molecular formula is C14H13ClN4O. The smallest absolute Gasteiger partial charge is 0.252 e. The first-order chi connectivity index (χ1) is 9.52. The average Bonchev–Trinajstić information content (AvgIpc) is 2.69. The number of fused-ring (bicyclic) bond motifs is 3. The van der Waals surface area contributed by atoms with Crippen LogP contribution in [0.3, 0.4) is 0 Å². The topological polar surface area (TPSA) is 86.9 Å². The van der Waals surface area contributed by atoms with E-state index in [0.717, 1.165) is 28.5 Å². The van der Waals surface area contributed by atoms with Crippen molar-refractivity contribution in [3.63, 3.8) is 0 Å². The summed E-state index contributed by atoms with van der Waals surface area (Å²) in [6.45, 7) is 2.74. The van der Waals surface area contributed by atoms with E-state index in [1.54, 1.807) is 6.07 Å². The van der Waals surface area contributed by atoms with Crippen LogP contribution in [0, 0.1) is 0 Å². The van der Waals surface area contributed by atoms with E-state index in [9.17, 15) is 4.79 Å². The fourth-order valence-corrected chi connectivity index (χ4v) is 2.68. The lowest BCUT2D eigenvalue weighted by Crippen LogP contribution is -2.14. The van der Waals surface area contributed by atoms with E-state index in [1.165, 1.54) is 0 Å². The summed E-state index contributed by atoms with van der Waals surface area (Å²) in [6, 6.07) is 7.29. The van der Waals surface area contributed by atoms with Crippen LogP contribution in [0.15, 0.2) is 24.3 Å². The van der Waals surface area contributed by atoms with Gasteiger partial charge in [0.1, 0.15) is 11.5 Å². The minimum Gasteiger partial charge on any atom is -0.383 e. The molecule has 0 aliphatic heterocycles. The number of primary amides is 1. The van der Waals surface area contributed by atoms with Crippen LogP contribution in [0.1, 0.15) is 17.3 Å². The molecule has 0 saturated heterocycles. The number of aromatic nitrogens is 2. The van der Waals surface area contributed by atoms with Crippen molar-refractivity contribution in [1.82, 2.24) is 9.55 Å². The molecule has 0 radical (unpaired) electrons. The number of carbonyl (C=O) groups is 1. The van der Waals surface area contributed by atoms with Crippen LogP contribution in [-0.2, 0) is 6.54 Å². The summed E-state index contributed by atoms with van der Waals surface area (Å²) in [6.07, 6.45) is 0. The Labute approximate surface area is 120 Å². The fraction of sp³-hybridized carbons (Fsp3) is 0.143. The number of amides is 1. The number of pyridine rings is 1. The summed E-state index contributed by atoms with van der Waals surface area (Å²) in [5, 5.41) is 2.47. The van der Waals surface area contributed by atoms with Gasteiger partial charge >= 0.3 is 0 Å². The van der Waals surface area contributed by atoms with Gasteiger partial charge in [-0.05, 0) is 25.1 Å². The van der Waals surface area contributed by atoms with Gasteiger partial charge in [0.2, 0.25) is 0 Å². The first kappa shape index (κ1) is 12.7. The van der Waals surface area contributed by atoms with Crippen LogP contribution in [-0.4, -0.2) is 15.5 Å². The van der Waals surface area contributed by atoms with Gasteiger partial charge in [-0.3, -0.25) is 4.79 Å². The maximum absolute atomic E-state index is 11.4. The van der Waals surface area contributed by atoms with Crippen LogP contribution in [0.2, 0.25) is 5.02 Å². The zero-order chi connectivity index (χ0) is 14.4. The molecule has 20 heavy (non-hydrogen) atoms. The Balaban J connectivity index is 2.52. The summed E-state index contributed by atoms with van der Waals surface area (Å²) in [5.41, 5.74) is 13.1. The Kier molecular flexibility index (Phi) is 2.79. The number of nitrogen functional groups attached to an aromatic ring is 1. The third-order valence-corrected chi connectivity index (χ3v) is 3.65. The van der Waals surface area contributed by atoms with Crippen LogP contribution in [0.25, 0.3) is 21.9 Å². The van der Waals surface area contributed by atoms with Crippen molar-refractivity contribution < 1.29 is 4.79 Å². The average molecular weight is 289 g/mol. The maximum atomic E-state index is 11.4. The van der Waals surface area contributed by atoms with Crippen molar-refractivity contribution in [2.45, 2.75) is 13.5 Å². The molecule has 0 saturated carbocycles. The highest BCUT2D eigenvalue weighted by atomic mass is 35.5. The zero-order valence-corrected chi connectivity index (χ0v) is 11.6. The molecule has 1 aromatic carbocycles. The predicted molar refractivity (Wildman–Crippen MR) is 80.9 cm³/mol. The number of carbonyl (C=O) groups excluding carboxylic acids is 1. The standard InChI is InChI=1S/C14H13ClN4O/c1-2-19-11-5-7(15)3-4-8(11)9-6-10(13(17)20)12(16)18-14(9)19/h3-6H,2H2,1H3,(H2,16,18)(H2,17,20). The van der Waals surface area contributed by atoms with Gasteiger partial charge in [-0.15, -0.1) is 0 Å². The van der Waals surface area contributed by atoms with E-state index in [1.807, 2.05) is 29.7 Å². The number of benzene rings is 1. The van der Waals surface area contributed by atoms with Gasteiger partial charge in [0.05, 0.1) is 11.1 Å². The molecule has 6 heteroatoms. The highest BCUT2D eigenvalue weighted by molar-refractivity contribution is 6.31. The third-order valence-electron chi connectivity index (χ3n) is 3.41. The SMILES string of the molecule is CCn1c2cc(Cl)ccc2c2cc(C(N)=O)c(N)nc21. The van der Waals surface area contributed by atoms with Crippen molar-refractivity contribution in [2.75, 3.05) is 5.73 Å². The number of nitrogens with zero attached hydrogens (tertiary/aromatic N) is 2. The number of halogens is 1. The van der Waals surface area contributed by atoms with Crippen LogP contribution < -0.4 is 11.5 Å². The number of nitrogens with two attached hydrogens (primary N) is 2. The third kappa shape index (κ3) is 1.71. The van der Waals surface area contributed by atoms with E-state index >= 15 is 0 Å². The summed E-state index contributed by atoms with van der Waals surface area (Å²) < 4.78 is 2.01. The highest BCUT2D eigenvalue weighted by Gasteiger charge is 2.16. The Bertz CT molecular complexity index is 853. The van der Waals surface area contributed by atoms with E-state index in [-0.39, 0.29) is 11.4 Å². The molecule has 2 heterocycles. The van der Waals surface area contributed by atoms with E-state index in [0.29, 0.717) is 5.02 Å². The van der Waals surface area contributed by atoms with Gasteiger partial charge in [0.15, 0.2) is 0 Å². The second-order valence-corrected chi connectivity index (χ2v) is 5.00. The van der Waals surface area contributed by atoms with Crippen LogP contribution in [0.4, 0.5) is 5.82 Å². The van der Waals surface area contributed by atoms with E-state index in [4.69, 9.17) is 23.1 Å². The highest BCUT2D eigenvalue weighted by Crippen LogP contribution is 2.31. The first-order valence-electron chi connectivity index (χ1n) is 6.20. The van der Waals surface area contributed by atoms with Crippen molar-refractivity contribution in [2.24, 2.45) is 5.73 Å². The molecule has 5 nitrogen and oxygen atoms in total. The molecule has 3 rings (SSSR count). The Morgan fingerprint density at radius 1 is 1.35 bits per heavy atom. The molecule has 0 spiro atoms. The first-order valence-corrected chi connectivity index (χ1v) is 6.58. The molecule has 1 amide bonds. The van der Waals surface area contributed by atoms with Gasteiger partial charge in [-0.2, -0.15) is 0 Å². The molecule has 0 bridgehead atoms. The van der Waals surface area contributed by atoms with Crippen molar-refractivity contribution in [3.8, 4) is 0 Å². The molecular weight excluding hydrogens is 276 g/mol. The number of hydrogen-bond donors (Lipinski definition) is 2. The predicted octanol–water partition coefficient (Wildman–Crippen LogP) is 2.54. The normalized spacial score (nSPS) is 11.3. The zero-order valence-electron chi connectivity index (χ0n) is 10.9. The summed E-state index contributed by atoms with van der Waals surface area (Å²) in [7, 11) is 0.